The summed E-state index contributed by atoms with van der Waals surface area (Å²) < 4.78 is 45.5. The Morgan fingerprint density at radius 2 is 1.82 bits per heavy atom. The Bertz CT molecular complexity index is 1050. The lowest BCUT2D eigenvalue weighted by molar-refractivity contribution is -0.147. The first-order valence-electron chi connectivity index (χ1n) is 8.13. The molecule has 0 saturated heterocycles. The van der Waals surface area contributed by atoms with Gasteiger partial charge < -0.3 is 15.0 Å². The molecule has 1 N–H and O–H groups in total. The van der Waals surface area contributed by atoms with Crippen molar-refractivity contribution >= 4 is 33.4 Å². The summed E-state index contributed by atoms with van der Waals surface area (Å²) in [4.78, 5) is 25.2. The van der Waals surface area contributed by atoms with Crippen molar-refractivity contribution in [3.05, 3.63) is 59.9 Å². The van der Waals surface area contributed by atoms with Gasteiger partial charge in [-0.1, -0.05) is 12.1 Å². The van der Waals surface area contributed by atoms with E-state index in [1.54, 1.807) is 18.2 Å². The first-order chi connectivity index (χ1) is 13.3. The van der Waals surface area contributed by atoms with Gasteiger partial charge in [0.15, 0.2) is 12.4 Å². The van der Waals surface area contributed by atoms with Gasteiger partial charge in [0.1, 0.15) is 17.3 Å². The Morgan fingerprint density at radius 3 is 2.54 bits per heavy atom. The molecule has 0 atom stereocenters. The highest BCUT2D eigenvalue weighted by Crippen LogP contribution is 2.26. The number of hydrogen-bond donors (Lipinski definition) is 1. The van der Waals surface area contributed by atoms with Crippen molar-refractivity contribution < 1.29 is 27.1 Å². The van der Waals surface area contributed by atoms with Crippen molar-refractivity contribution in [3.63, 3.8) is 0 Å². The number of nitrogens with one attached hydrogen (secondary N) is 1. The minimum absolute atomic E-state index is 0.0730. The molecule has 28 heavy (non-hydrogen) atoms. The van der Waals surface area contributed by atoms with Crippen LogP contribution in [-0.2, 0) is 24.3 Å². The van der Waals surface area contributed by atoms with Crippen LogP contribution in [-0.4, -0.2) is 51.2 Å². The average Bonchev–Trinajstić information content (AvgIpc) is 2.94. The molecule has 0 bridgehead atoms. The Labute approximate surface area is 160 Å². The van der Waals surface area contributed by atoms with Crippen LogP contribution in [0.25, 0.3) is 0 Å². The second-order valence-electron chi connectivity index (χ2n) is 5.96. The second-order valence-corrected chi connectivity index (χ2v) is 7.53. The number of anilines is 1. The quantitative estimate of drug-likeness (QED) is 0.754. The van der Waals surface area contributed by atoms with E-state index in [1.807, 2.05) is 0 Å². The van der Waals surface area contributed by atoms with Crippen LogP contribution in [0.1, 0.15) is 5.56 Å². The zero-order valence-corrected chi connectivity index (χ0v) is 15.6. The lowest BCUT2D eigenvalue weighted by atomic mass is 10.2. The molecule has 0 spiro atoms. The number of nitrogens with zero attached hydrogens (tertiary/aromatic N) is 2. The highest BCUT2D eigenvalue weighted by molar-refractivity contribution is 7.90. The normalized spacial score (nSPS) is 14.0. The van der Waals surface area contributed by atoms with Gasteiger partial charge >= 0.3 is 5.97 Å². The van der Waals surface area contributed by atoms with E-state index in [0.29, 0.717) is 11.3 Å². The number of hydrogen-bond acceptors (Lipinski definition) is 6. The number of likely N-dealkylation sites (N-methyl/N-ethyl adjacent to an activating group) is 1. The third kappa shape index (κ3) is 4.34. The van der Waals surface area contributed by atoms with Crippen LogP contribution in [0.4, 0.5) is 10.1 Å². The molecule has 146 valence electrons. The molecule has 0 fully saturated rings. The largest absolute Gasteiger partial charge is 0.454 e. The van der Waals surface area contributed by atoms with E-state index >= 15 is 0 Å². The van der Waals surface area contributed by atoms with Crippen LogP contribution in [0.3, 0.4) is 0 Å². The molecule has 10 heteroatoms. The van der Waals surface area contributed by atoms with E-state index in [2.05, 4.69) is 9.71 Å². The minimum atomic E-state index is -3.80. The molecule has 2 aromatic carbocycles. The van der Waals surface area contributed by atoms with Gasteiger partial charge in [-0.2, -0.15) is 8.42 Å². The van der Waals surface area contributed by atoms with E-state index in [-0.39, 0.29) is 17.3 Å². The first kappa shape index (κ1) is 19.5. The molecule has 1 aliphatic heterocycles. The molecular formula is C18H16FN3O5S. The van der Waals surface area contributed by atoms with E-state index in [4.69, 9.17) is 4.74 Å². The molecule has 0 saturated carbocycles. The fourth-order valence-electron chi connectivity index (χ4n) is 2.55. The number of rotatable bonds is 5. The zero-order valence-electron chi connectivity index (χ0n) is 14.8. The Kier molecular flexibility index (Phi) is 5.41. The van der Waals surface area contributed by atoms with Gasteiger partial charge in [-0.15, -0.1) is 4.40 Å². The molecule has 8 nitrogen and oxygen atoms in total. The maximum atomic E-state index is 12.8. The van der Waals surface area contributed by atoms with Crippen LogP contribution in [0, 0.1) is 5.82 Å². The Morgan fingerprint density at radius 1 is 1.14 bits per heavy atom. The van der Waals surface area contributed by atoms with Crippen LogP contribution in [0.5, 0.6) is 0 Å². The number of benzene rings is 2. The summed E-state index contributed by atoms with van der Waals surface area (Å²) in [5.41, 5.74) is 0.758. The number of sulfonamides is 1. The molecule has 0 unspecified atom stereocenters. The van der Waals surface area contributed by atoms with Gasteiger partial charge in [-0.3, -0.25) is 9.59 Å². The summed E-state index contributed by atoms with van der Waals surface area (Å²) in [5, 5.41) is 2.46. The molecule has 0 aromatic heterocycles. The average molecular weight is 405 g/mol. The highest BCUT2D eigenvalue weighted by Gasteiger charge is 2.31. The summed E-state index contributed by atoms with van der Waals surface area (Å²) in [6.45, 7) is -0.835. The van der Waals surface area contributed by atoms with Crippen LogP contribution in [0.15, 0.2) is 57.8 Å². The van der Waals surface area contributed by atoms with Crippen molar-refractivity contribution in [2.75, 3.05) is 25.5 Å². The molecule has 1 amide bonds. The fourth-order valence-corrected chi connectivity index (χ4v) is 3.81. The predicted octanol–water partition coefficient (Wildman–Crippen LogP) is 1.39. The lowest BCUT2D eigenvalue weighted by Gasteiger charge is -2.17. The minimum Gasteiger partial charge on any atom is -0.454 e. The fraction of sp³-hybridized carbons (Fsp3) is 0.167. The van der Waals surface area contributed by atoms with Crippen molar-refractivity contribution in [1.82, 2.24) is 4.90 Å². The number of halogens is 1. The van der Waals surface area contributed by atoms with Crippen LogP contribution < -0.4 is 5.32 Å². The number of fused-ring (bicyclic) bond motifs is 1. The van der Waals surface area contributed by atoms with E-state index in [1.165, 1.54) is 42.3 Å². The Hall–Kier alpha value is -3.27. The second kappa shape index (κ2) is 7.77. The smallest absolute Gasteiger partial charge is 0.326 e. The van der Waals surface area contributed by atoms with E-state index in [9.17, 15) is 22.4 Å². The molecule has 2 aromatic rings. The molecule has 1 heterocycles. The standard InChI is InChI=1S/C18H16FN3O5S/c1-22(18-14-4-2-3-5-15(14)28(25,26)21-18)10-17(24)27-11-16(23)20-13-8-6-12(19)7-9-13/h2-9H,10-11H2,1H3,(H,20,23). The number of amides is 1. The van der Waals surface area contributed by atoms with Crippen LogP contribution >= 0.6 is 0 Å². The third-order valence-electron chi connectivity index (χ3n) is 3.83. The third-order valence-corrected chi connectivity index (χ3v) is 5.16. The Balaban J connectivity index is 1.55. The van der Waals surface area contributed by atoms with Gasteiger partial charge in [-0.25, -0.2) is 4.39 Å². The van der Waals surface area contributed by atoms with Gasteiger partial charge in [0.05, 0.1) is 0 Å². The summed E-state index contributed by atoms with van der Waals surface area (Å²) in [6.07, 6.45) is 0. The van der Waals surface area contributed by atoms with Crippen molar-refractivity contribution in [2.45, 2.75) is 4.90 Å². The summed E-state index contributed by atoms with van der Waals surface area (Å²) in [5.74, 6) is -1.64. The zero-order chi connectivity index (χ0) is 20.3. The van der Waals surface area contributed by atoms with E-state index < -0.39 is 34.3 Å². The number of carbonyl (C=O) groups excluding carboxylic acids is 2. The van der Waals surface area contributed by atoms with Gasteiger partial charge in [0.25, 0.3) is 15.9 Å². The molecule has 0 aliphatic carbocycles. The highest BCUT2D eigenvalue weighted by atomic mass is 32.2. The molecule has 0 radical (unpaired) electrons. The number of esters is 1. The maximum absolute atomic E-state index is 12.8. The summed E-state index contributed by atoms with van der Waals surface area (Å²) in [6, 6.07) is 11.4. The van der Waals surface area contributed by atoms with Crippen LogP contribution in [0.2, 0.25) is 0 Å². The van der Waals surface area contributed by atoms with Gasteiger partial charge in [0.2, 0.25) is 0 Å². The molecule has 1 aliphatic rings. The summed E-state index contributed by atoms with van der Waals surface area (Å²) in [7, 11) is -2.30. The van der Waals surface area contributed by atoms with Gasteiger partial charge in [0, 0.05) is 18.3 Å². The summed E-state index contributed by atoms with van der Waals surface area (Å²) >= 11 is 0. The van der Waals surface area contributed by atoms with Crippen molar-refractivity contribution in [3.8, 4) is 0 Å². The number of amidine groups is 1. The number of carbonyl (C=O) groups is 2. The van der Waals surface area contributed by atoms with E-state index in [0.717, 1.165) is 0 Å². The van der Waals surface area contributed by atoms with Crippen molar-refractivity contribution in [2.24, 2.45) is 4.40 Å². The molecule has 3 rings (SSSR count). The molecular weight excluding hydrogens is 389 g/mol. The maximum Gasteiger partial charge on any atom is 0.326 e. The number of ether oxygens (including phenoxy) is 1. The monoisotopic (exact) mass is 405 g/mol. The predicted molar refractivity (Wildman–Crippen MR) is 98.8 cm³/mol. The lowest BCUT2D eigenvalue weighted by Crippen LogP contribution is -2.34. The van der Waals surface area contributed by atoms with Crippen molar-refractivity contribution in [1.29, 1.82) is 0 Å². The van der Waals surface area contributed by atoms with Gasteiger partial charge in [-0.05, 0) is 36.4 Å². The first-order valence-corrected chi connectivity index (χ1v) is 9.57. The SMILES string of the molecule is CN(CC(=O)OCC(=O)Nc1ccc(F)cc1)C1=NS(=O)(=O)c2ccccc21. The topological polar surface area (TPSA) is 105 Å².